The van der Waals surface area contributed by atoms with E-state index in [1.165, 1.54) is 13.2 Å². The first kappa shape index (κ1) is 17.7. The van der Waals surface area contributed by atoms with Gasteiger partial charge in [0.05, 0.1) is 26.7 Å². The van der Waals surface area contributed by atoms with Gasteiger partial charge in [0.25, 0.3) is 0 Å². The van der Waals surface area contributed by atoms with Crippen LogP contribution in [-0.4, -0.2) is 43.9 Å². The Morgan fingerprint density at radius 1 is 1.36 bits per heavy atom. The average molecular weight is 307 g/mol. The molecule has 1 atom stereocenters. The van der Waals surface area contributed by atoms with Gasteiger partial charge in [-0.15, -0.1) is 0 Å². The highest BCUT2D eigenvalue weighted by molar-refractivity contribution is 5.94. The lowest BCUT2D eigenvalue weighted by atomic mass is 10.1. The number of ether oxygens (including phenoxy) is 2. The summed E-state index contributed by atoms with van der Waals surface area (Å²) < 4.78 is 9.57. The van der Waals surface area contributed by atoms with Crippen molar-refractivity contribution >= 4 is 17.4 Å². The van der Waals surface area contributed by atoms with E-state index in [-0.39, 0.29) is 18.9 Å². The van der Waals surface area contributed by atoms with Gasteiger partial charge in [0.2, 0.25) is 5.91 Å². The highest BCUT2D eigenvalue weighted by atomic mass is 16.5. The summed E-state index contributed by atoms with van der Waals surface area (Å²) in [5.74, 6) is -0.159. The zero-order valence-electron chi connectivity index (χ0n) is 13.0. The molecular weight excluding hydrogens is 286 g/mol. The van der Waals surface area contributed by atoms with E-state index < -0.39 is 12.1 Å². The summed E-state index contributed by atoms with van der Waals surface area (Å²) in [5, 5.41) is 12.1. The normalized spacial score (nSPS) is 12.5. The van der Waals surface area contributed by atoms with Crippen molar-refractivity contribution in [3.63, 3.8) is 0 Å². The molecular formula is C16H21NO5. The molecule has 0 bridgehead atoms. The van der Waals surface area contributed by atoms with Gasteiger partial charge in [-0.3, -0.25) is 9.59 Å². The van der Waals surface area contributed by atoms with Gasteiger partial charge in [0.15, 0.2) is 0 Å². The van der Waals surface area contributed by atoms with Crippen molar-refractivity contribution in [1.29, 1.82) is 0 Å². The zero-order valence-corrected chi connectivity index (χ0v) is 13.0. The number of amides is 1. The SMILES string of the molecule is COC(=O)CC(O)CNC(=O)/C=C(\C)c1cccc(OC)c1. The van der Waals surface area contributed by atoms with E-state index in [2.05, 4.69) is 10.1 Å². The van der Waals surface area contributed by atoms with Gasteiger partial charge in [-0.2, -0.15) is 0 Å². The third-order valence-corrected chi connectivity index (χ3v) is 3.01. The van der Waals surface area contributed by atoms with Crippen molar-refractivity contribution in [2.45, 2.75) is 19.4 Å². The Balaban J connectivity index is 2.56. The number of esters is 1. The third kappa shape index (κ3) is 5.97. The zero-order chi connectivity index (χ0) is 16.5. The molecule has 0 heterocycles. The molecule has 6 nitrogen and oxygen atoms in total. The van der Waals surface area contributed by atoms with Crippen LogP contribution in [0.25, 0.3) is 5.57 Å². The number of methoxy groups -OCH3 is 2. The number of nitrogens with one attached hydrogen (secondary N) is 1. The molecule has 2 N–H and O–H groups in total. The van der Waals surface area contributed by atoms with Crippen molar-refractivity contribution in [3.05, 3.63) is 35.9 Å². The van der Waals surface area contributed by atoms with Gasteiger partial charge in [-0.1, -0.05) is 12.1 Å². The summed E-state index contributed by atoms with van der Waals surface area (Å²) in [6.07, 6.45) is 0.302. The van der Waals surface area contributed by atoms with E-state index >= 15 is 0 Å². The molecule has 1 aromatic carbocycles. The maximum absolute atomic E-state index is 11.8. The van der Waals surface area contributed by atoms with E-state index in [1.54, 1.807) is 14.0 Å². The molecule has 0 aromatic heterocycles. The quantitative estimate of drug-likeness (QED) is 0.583. The number of carbonyl (C=O) groups excluding carboxylic acids is 2. The monoisotopic (exact) mass is 307 g/mol. The number of rotatable bonds is 7. The standard InChI is InChI=1S/C16H21NO5/c1-11(12-5-4-6-14(8-12)21-2)7-15(19)17-10-13(18)9-16(20)22-3/h4-8,13,18H,9-10H2,1-3H3,(H,17,19)/b11-7+. The smallest absolute Gasteiger partial charge is 0.308 e. The molecule has 1 rings (SSSR count). The minimum atomic E-state index is -0.970. The molecule has 22 heavy (non-hydrogen) atoms. The van der Waals surface area contributed by atoms with Crippen molar-refractivity contribution in [2.75, 3.05) is 20.8 Å². The van der Waals surface area contributed by atoms with Crippen LogP contribution in [0.4, 0.5) is 0 Å². The summed E-state index contributed by atoms with van der Waals surface area (Å²) in [6, 6.07) is 7.35. The molecule has 0 radical (unpaired) electrons. The summed E-state index contributed by atoms with van der Waals surface area (Å²) in [6.45, 7) is 1.79. The average Bonchev–Trinajstić information content (AvgIpc) is 2.52. The van der Waals surface area contributed by atoms with Crippen LogP contribution in [0.5, 0.6) is 5.75 Å². The van der Waals surface area contributed by atoms with Gasteiger partial charge in [0.1, 0.15) is 5.75 Å². The third-order valence-electron chi connectivity index (χ3n) is 3.01. The molecule has 0 saturated heterocycles. The summed E-state index contributed by atoms with van der Waals surface area (Å²) in [7, 11) is 2.82. The highest BCUT2D eigenvalue weighted by Crippen LogP contribution is 2.19. The van der Waals surface area contributed by atoms with Crippen LogP contribution in [0, 0.1) is 0 Å². The second-order valence-corrected chi connectivity index (χ2v) is 4.74. The number of hydrogen-bond donors (Lipinski definition) is 2. The van der Waals surface area contributed by atoms with Crippen LogP contribution in [0.1, 0.15) is 18.9 Å². The Morgan fingerprint density at radius 3 is 2.73 bits per heavy atom. The Hall–Kier alpha value is -2.34. The molecule has 0 aliphatic heterocycles. The second kappa shape index (κ2) is 8.84. The lowest BCUT2D eigenvalue weighted by Gasteiger charge is -2.10. The Bertz CT molecular complexity index is 553. The van der Waals surface area contributed by atoms with Crippen molar-refractivity contribution < 1.29 is 24.2 Å². The van der Waals surface area contributed by atoms with E-state index in [9.17, 15) is 14.7 Å². The molecule has 120 valence electrons. The maximum Gasteiger partial charge on any atom is 0.308 e. The number of aliphatic hydroxyl groups is 1. The van der Waals surface area contributed by atoms with Crippen LogP contribution < -0.4 is 10.1 Å². The largest absolute Gasteiger partial charge is 0.497 e. The first-order valence-electron chi connectivity index (χ1n) is 6.81. The van der Waals surface area contributed by atoms with Gasteiger partial charge in [0, 0.05) is 12.6 Å². The van der Waals surface area contributed by atoms with Crippen LogP contribution >= 0.6 is 0 Å². The molecule has 0 saturated carbocycles. The number of carbonyl (C=O) groups is 2. The predicted molar refractivity (Wildman–Crippen MR) is 82.3 cm³/mol. The summed E-state index contributed by atoms with van der Waals surface area (Å²) >= 11 is 0. The van der Waals surface area contributed by atoms with Crippen LogP contribution in [0.3, 0.4) is 0 Å². The fourth-order valence-corrected chi connectivity index (χ4v) is 1.77. The Labute approximate surface area is 129 Å². The van der Waals surface area contributed by atoms with Gasteiger partial charge >= 0.3 is 5.97 Å². The number of hydrogen-bond acceptors (Lipinski definition) is 5. The molecule has 0 fully saturated rings. The van der Waals surface area contributed by atoms with Gasteiger partial charge in [-0.05, 0) is 30.2 Å². The fraction of sp³-hybridized carbons (Fsp3) is 0.375. The fourth-order valence-electron chi connectivity index (χ4n) is 1.77. The Kier molecular flexibility index (Phi) is 7.12. The van der Waals surface area contributed by atoms with Crippen molar-refractivity contribution in [3.8, 4) is 5.75 Å². The number of benzene rings is 1. The molecule has 0 aliphatic rings. The lowest BCUT2D eigenvalue weighted by molar-refractivity contribution is -0.143. The van der Waals surface area contributed by atoms with Crippen LogP contribution in [-0.2, 0) is 14.3 Å². The minimum absolute atomic E-state index is 0.0180. The topological polar surface area (TPSA) is 84.9 Å². The van der Waals surface area contributed by atoms with Gasteiger partial charge in [-0.25, -0.2) is 0 Å². The summed E-state index contributed by atoms with van der Waals surface area (Å²) in [4.78, 5) is 22.8. The Morgan fingerprint density at radius 2 is 2.09 bits per heavy atom. The molecule has 0 spiro atoms. The van der Waals surface area contributed by atoms with E-state index in [4.69, 9.17) is 4.74 Å². The minimum Gasteiger partial charge on any atom is -0.497 e. The summed E-state index contributed by atoms with van der Waals surface area (Å²) in [5.41, 5.74) is 1.63. The number of allylic oxidation sites excluding steroid dienone is 1. The molecule has 6 heteroatoms. The maximum atomic E-state index is 11.8. The van der Waals surface area contributed by atoms with Crippen LogP contribution in [0.15, 0.2) is 30.3 Å². The predicted octanol–water partition coefficient (Wildman–Crippen LogP) is 1.14. The van der Waals surface area contributed by atoms with Crippen LogP contribution in [0.2, 0.25) is 0 Å². The molecule has 1 aromatic rings. The van der Waals surface area contributed by atoms with E-state index in [0.29, 0.717) is 5.75 Å². The van der Waals surface area contributed by atoms with Gasteiger partial charge < -0.3 is 19.9 Å². The molecule has 0 aliphatic carbocycles. The van der Waals surface area contributed by atoms with Crippen molar-refractivity contribution in [1.82, 2.24) is 5.32 Å². The number of aliphatic hydroxyl groups excluding tert-OH is 1. The highest BCUT2D eigenvalue weighted by Gasteiger charge is 2.11. The lowest BCUT2D eigenvalue weighted by Crippen LogP contribution is -2.32. The first-order valence-corrected chi connectivity index (χ1v) is 6.81. The first-order chi connectivity index (χ1) is 10.5. The van der Waals surface area contributed by atoms with E-state index in [1.807, 2.05) is 24.3 Å². The molecule has 1 amide bonds. The second-order valence-electron chi connectivity index (χ2n) is 4.74. The van der Waals surface area contributed by atoms with E-state index in [0.717, 1.165) is 11.1 Å². The van der Waals surface area contributed by atoms with Crippen molar-refractivity contribution in [2.24, 2.45) is 0 Å². The molecule has 1 unspecified atom stereocenters.